The molecule has 0 aromatic heterocycles. The molecule has 0 bridgehead atoms. The molecule has 1 aromatic carbocycles. The minimum Gasteiger partial charge on any atom is -0.493 e. The van der Waals surface area contributed by atoms with Gasteiger partial charge in [0.1, 0.15) is 10.7 Å². The molecule has 9 heteroatoms. The van der Waals surface area contributed by atoms with Crippen LogP contribution in [0.25, 0.3) is 0 Å². The maximum Gasteiger partial charge on any atom is 0.243 e. The van der Waals surface area contributed by atoms with E-state index in [0.717, 1.165) is 12.1 Å². The standard InChI is InChI=1S/C12H18FNO6S/c1-18-7-8(15)6-14-21(16,17)12-5-11(20-3)10(19-2)4-9(12)13/h4-5,8,14-15H,6-7H2,1-3H3. The average Bonchev–Trinajstić information content (AvgIpc) is 2.45. The SMILES string of the molecule is COCC(O)CNS(=O)(=O)c1cc(OC)c(OC)cc1F. The number of aliphatic hydroxyl groups is 1. The van der Waals surface area contributed by atoms with Crippen LogP contribution in [0.5, 0.6) is 11.5 Å². The molecule has 1 aromatic rings. The summed E-state index contributed by atoms with van der Waals surface area (Å²) in [7, 11) is -0.153. The summed E-state index contributed by atoms with van der Waals surface area (Å²) < 4.78 is 54.5. The monoisotopic (exact) mass is 323 g/mol. The van der Waals surface area contributed by atoms with E-state index in [1.165, 1.54) is 21.3 Å². The molecule has 0 aliphatic heterocycles. The molecular weight excluding hydrogens is 305 g/mol. The van der Waals surface area contributed by atoms with Crippen LogP contribution in [0.4, 0.5) is 4.39 Å². The van der Waals surface area contributed by atoms with Gasteiger partial charge in [0.2, 0.25) is 10.0 Å². The first kappa shape index (κ1) is 17.6. The fourth-order valence-electron chi connectivity index (χ4n) is 1.58. The number of nitrogens with one attached hydrogen (secondary N) is 1. The zero-order valence-electron chi connectivity index (χ0n) is 11.9. The van der Waals surface area contributed by atoms with E-state index >= 15 is 0 Å². The number of hydrogen-bond donors (Lipinski definition) is 2. The Hall–Kier alpha value is -1.42. The fourth-order valence-corrected chi connectivity index (χ4v) is 2.72. The van der Waals surface area contributed by atoms with Gasteiger partial charge in [0.15, 0.2) is 11.5 Å². The van der Waals surface area contributed by atoms with Gasteiger partial charge in [-0.2, -0.15) is 0 Å². The summed E-state index contributed by atoms with van der Waals surface area (Å²) in [5.41, 5.74) is 0. The first-order chi connectivity index (χ1) is 9.85. The number of aliphatic hydroxyl groups excluding tert-OH is 1. The van der Waals surface area contributed by atoms with Gasteiger partial charge in [-0.15, -0.1) is 0 Å². The molecule has 0 aliphatic rings. The van der Waals surface area contributed by atoms with Crippen LogP contribution in [0.15, 0.2) is 17.0 Å². The predicted molar refractivity (Wildman–Crippen MR) is 72.6 cm³/mol. The highest BCUT2D eigenvalue weighted by Gasteiger charge is 2.23. The number of halogens is 1. The van der Waals surface area contributed by atoms with Gasteiger partial charge < -0.3 is 19.3 Å². The lowest BCUT2D eigenvalue weighted by Crippen LogP contribution is -2.34. The molecule has 0 heterocycles. The van der Waals surface area contributed by atoms with Crippen molar-refractivity contribution in [3.8, 4) is 11.5 Å². The Kier molecular flexibility index (Phi) is 6.34. The number of benzene rings is 1. The van der Waals surface area contributed by atoms with Gasteiger partial charge in [0.25, 0.3) is 0 Å². The molecule has 1 unspecified atom stereocenters. The molecule has 2 N–H and O–H groups in total. The average molecular weight is 323 g/mol. The van der Waals surface area contributed by atoms with Crippen LogP contribution < -0.4 is 14.2 Å². The van der Waals surface area contributed by atoms with E-state index in [2.05, 4.69) is 9.46 Å². The van der Waals surface area contributed by atoms with Crippen molar-refractivity contribution < 1.29 is 32.1 Å². The fraction of sp³-hybridized carbons (Fsp3) is 0.500. The lowest BCUT2D eigenvalue weighted by Gasteiger charge is -2.14. The summed E-state index contributed by atoms with van der Waals surface area (Å²) in [6, 6.07) is 1.93. The van der Waals surface area contributed by atoms with Crippen molar-refractivity contribution in [1.29, 1.82) is 0 Å². The summed E-state index contributed by atoms with van der Waals surface area (Å²) in [4.78, 5) is -0.593. The third-order valence-electron chi connectivity index (χ3n) is 2.60. The van der Waals surface area contributed by atoms with Gasteiger partial charge in [-0.05, 0) is 0 Å². The van der Waals surface area contributed by atoms with Crippen LogP contribution in [0, 0.1) is 5.82 Å². The second kappa shape index (κ2) is 7.55. The zero-order chi connectivity index (χ0) is 16.0. The molecule has 7 nitrogen and oxygen atoms in total. The number of hydrogen-bond acceptors (Lipinski definition) is 6. The molecule has 0 saturated carbocycles. The lowest BCUT2D eigenvalue weighted by atomic mass is 10.3. The van der Waals surface area contributed by atoms with Gasteiger partial charge in [-0.3, -0.25) is 0 Å². The maximum atomic E-state index is 13.9. The van der Waals surface area contributed by atoms with Gasteiger partial charge in [-0.25, -0.2) is 17.5 Å². The van der Waals surface area contributed by atoms with Gasteiger partial charge in [0.05, 0.1) is 26.9 Å². The Labute approximate surface area is 122 Å². The van der Waals surface area contributed by atoms with Gasteiger partial charge in [-0.1, -0.05) is 0 Å². The number of sulfonamides is 1. The third-order valence-corrected chi connectivity index (χ3v) is 4.03. The molecule has 0 radical (unpaired) electrons. The highest BCUT2D eigenvalue weighted by Crippen LogP contribution is 2.31. The van der Waals surface area contributed by atoms with Crippen molar-refractivity contribution in [2.45, 2.75) is 11.0 Å². The van der Waals surface area contributed by atoms with Crippen molar-refractivity contribution in [3.63, 3.8) is 0 Å². The van der Waals surface area contributed by atoms with Gasteiger partial charge >= 0.3 is 0 Å². The predicted octanol–water partition coefficient (Wildman–Crippen LogP) is 0.128. The van der Waals surface area contributed by atoms with Crippen LogP contribution in [0.3, 0.4) is 0 Å². The van der Waals surface area contributed by atoms with E-state index in [1.807, 2.05) is 0 Å². The maximum absolute atomic E-state index is 13.9. The molecule has 0 spiro atoms. The van der Waals surface area contributed by atoms with E-state index in [1.54, 1.807) is 0 Å². The zero-order valence-corrected chi connectivity index (χ0v) is 12.7. The summed E-state index contributed by atoms with van der Waals surface area (Å²) in [5, 5.41) is 9.42. The summed E-state index contributed by atoms with van der Waals surface area (Å²) in [6.07, 6.45) is -1.03. The smallest absolute Gasteiger partial charge is 0.243 e. The summed E-state index contributed by atoms with van der Waals surface area (Å²) in [6.45, 7) is -0.346. The number of rotatable bonds is 8. The van der Waals surface area contributed by atoms with Crippen LogP contribution in [0.2, 0.25) is 0 Å². The molecule has 1 atom stereocenters. The minimum atomic E-state index is -4.14. The Morgan fingerprint density at radius 3 is 2.33 bits per heavy atom. The second-order valence-corrected chi connectivity index (χ2v) is 5.83. The van der Waals surface area contributed by atoms with E-state index in [0.29, 0.717) is 0 Å². The summed E-state index contributed by atoms with van der Waals surface area (Å²) in [5.74, 6) is -0.827. The van der Waals surface area contributed by atoms with Gasteiger partial charge in [0, 0.05) is 25.8 Å². The Balaban J connectivity index is 3.02. The van der Waals surface area contributed by atoms with Crippen molar-refractivity contribution in [3.05, 3.63) is 17.9 Å². The molecule has 120 valence electrons. The largest absolute Gasteiger partial charge is 0.493 e. The Morgan fingerprint density at radius 2 is 1.81 bits per heavy atom. The normalized spacial score (nSPS) is 13.0. The quantitative estimate of drug-likeness (QED) is 0.706. The van der Waals surface area contributed by atoms with E-state index in [4.69, 9.17) is 9.47 Å². The molecular formula is C12H18FNO6S. The molecule has 0 fully saturated rings. The third kappa shape index (κ3) is 4.53. The molecule has 0 saturated heterocycles. The summed E-state index contributed by atoms with van der Waals surface area (Å²) >= 11 is 0. The van der Waals surface area contributed by atoms with Crippen LogP contribution in [0.1, 0.15) is 0 Å². The molecule has 21 heavy (non-hydrogen) atoms. The molecule has 0 amide bonds. The van der Waals surface area contributed by atoms with Crippen molar-refractivity contribution >= 4 is 10.0 Å². The van der Waals surface area contributed by atoms with Crippen molar-refractivity contribution in [2.75, 3.05) is 34.5 Å². The second-order valence-electron chi connectivity index (χ2n) is 4.10. The van der Waals surface area contributed by atoms with Crippen LogP contribution in [-0.2, 0) is 14.8 Å². The van der Waals surface area contributed by atoms with E-state index in [9.17, 15) is 17.9 Å². The van der Waals surface area contributed by atoms with Crippen LogP contribution in [-0.4, -0.2) is 54.1 Å². The van der Waals surface area contributed by atoms with E-state index in [-0.39, 0.29) is 24.7 Å². The van der Waals surface area contributed by atoms with Crippen molar-refractivity contribution in [1.82, 2.24) is 4.72 Å². The molecule has 0 aliphatic carbocycles. The Morgan fingerprint density at radius 1 is 1.24 bits per heavy atom. The lowest BCUT2D eigenvalue weighted by molar-refractivity contribution is 0.0679. The topological polar surface area (TPSA) is 94.1 Å². The minimum absolute atomic E-state index is 0.0447. The highest BCUT2D eigenvalue weighted by atomic mass is 32.2. The van der Waals surface area contributed by atoms with E-state index < -0.39 is 26.8 Å². The van der Waals surface area contributed by atoms with Crippen molar-refractivity contribution in [2.24, 2.45) is 0 Å². The molecule has 1 rings (SSSR count). The number of methoxy groups -OCH3 is 3. The first-order valence-corrected chi connectivity index (χ1v) is 7.42. The Bertz CT molecular complexity index is 577. The number of ether oxygens (including phenoxy) is 3. The van der Waals surface area contributed by atoms with Crippen LogP contribution >= 0.6 is 0 Å². The first-order valence-electron chi connectivity index (χ1n) is 5.94. The highest BCUT2D eigenvalue weighted by molar-refractivity contribution is 7.89.